The van der Waals surface area contributed by atoms with Gasteiger partial charge < -0.3 is 5.11 Å². The molecule has 1 atom stereocenters. The molecule has 2 fully saturated rings. The van der Waals surface area contributed by atoms with Gasteiger partial charge in [0.05, 0.1) is 0 Å². The lowest BCUT2D eigenvalue weighted by Crippen LogP contribution is -2.52. The zero-order valence-electron chi connectivity index (χ0n) is 11.5. The molecule has 0 aromatic heterocycles. The number of hydrogen-bond acceptors (Lipinski definition) is 1. The average molecular weight is 232 g/mol. The Morgan fingerprint density at radius 1 is 1.18 bits per heavy atom. The normalized spacial score (nSPS) is 38.3. The van der Waals surface area contributed by atoms with Crippen molar-refractivity contribution in [3.63, 3.8) is 0 Å². The average Bonchev–Trinajstić information content (AvgIpc) is 2.27. The van der Waals surface area contributed by atoms with E-state index in [1.165, 1.54) is 44.9 Å². The Kier molecular flexibility index (Phi) is 4.28. The highest BCUT2D eigenvalue weighted by Crippen LogP contribution is 2.51. The van der Waals surface area contributed by atoms with E-state index in [1.807, 2.05) is 0 Å². The van der Waals surface area contributed by atoms with Crippen LogP contribution in [0.3, 0.4) is 0 Å². The minimum atomic E-state index is -0.433. The first-order valence-corrected chi connectivity index (χ1v) is 7.57. The quantitative estimate of drug-likeness (QED) is 0.718. The van der Waals surface area contributed by atoms with E-state index in [4.69, 9.17) is 0 Å². The maximum Gasteiger partial charge on any atom is 0.151 e. The molecule has 0 aromatic carbocycles. The molecule has 1 N–H and O–H groups in total. The fourth-order valence-electron chi connectivity index (χ4n) is 3.98. The molecule has 0 spiro atoms. The third kappa shape index (κ3) is 3.10. The van der Waals surface area contributed by atoms with E-state index in [2.05, 4.69) is 28.4 Å². The van der Waals surface area contributed by atoms with Crippen LogP contribution in [0.15, 0.2) is 0 Å². The van der Waals surface area contributed by atoms with Gasteiger partial charge in [-0.25, -0.2) is 0 Å². The van der Waals surface area contributed by atoms with Crippen molar-refractivity contribution in [2.24, 2.45) is 0 Å². The predicted molar refractivity (Wildman–Crippen MR) is 75.8 cm³/mol. The minimum Gasteiger partial charge on any atom is -0.399 e. The van der Waals surface area contributed by atoms with Crippen LogP contribution in [0.25, 0.3) is 0 Å². The second kappa shape index (κ2) is 5.38. The lowest BCUT2D eigenvalue weighted by Gasteiger charge is -2.50. The molecule has 2 heterocycles. The standard InChI is InChI=1S/C14H26B2O/c1-3-7-12(4-2)15-13-8-5-10-14(17,16-13)11-6-9-13/h12,17H,3-11H2,1-2H3. The maximum absolute atomic E-state index is 10.5. The number of fused-ring (bicyclic) bond motifs is 2. The molecule has 1 unspecified atom stereocenters. The molecule has 17 heavy (non-hydrogen) atoms. The van der Waals surface area contributed by atoms with Crippen LogP contribution in [0.2, 0.25) is 11.0 Å². The summed E-state index contributed by atoms with van der Waals surface area (Å²) in [7, 11) is 4.91. The maximum atomic E-state index is 10.5. The van der Waals surface area contributed by atoms with Gasteiger partial charge in [-0.15, -0.1) is 0 Å². The van der Waals surface area contributed by atoms with E-state index >= 15 is 0 Å². The largest absolute Gasteiger partial charge is 0.399 e. The van der Waals surface area contributed by atoms with Gasteiger partial charge in [0, 0.05) is 5.50 Å². The first kappa shape index (κ1) is 13.5. The van der Waals surface area contributed by atoms with Gasteiger partial charge in [0.25, 0.3) is 0 Å². The molecular formula is C14H26B2O. The molecule has 0 aliphatic carbocycles. The molecule has 2 aliphatic rings. The molecule has 0 amide bonds. The summed E-state index contributed by atoms with van der Waals surface area (Å²) in [4.78, 5) is 0. The van der Waals surface area contributed by atoms with Gasteiger partial charge in [0.2, 0.25) is 0 Å². The molecule has 2 aliphatic heterocycles. The molecule has 0 saturated carbocycles. The molecule has 94 valence electrons. The second-order valence-corrected chi connectivity index (χ2v) is 6.31. The van der Waals surface area contributed by atoms with Crippen molar-refractivity contribution in [3.8, 4) is 0 Å². The summed E-state index contributed by atoms with van der Waals surface area (Å²) >= 11 is 0. The summed E-state index contributed by atoms with van der Waals surface area (Å²) in [6.07, 6.45) is 10.8. The Balaban J connectivity index is 2.01. The fraction of sp³-hybridized carbons (Fsp3) is 1.00. The summed E-state index contributed by atoms with van der Waals surface area (Å²) in [5, 5.41) is 10.8. The molecule has 2 radical (unpaired) electrons. The van der Waals surface area contributed by atoms with Gasteiger partial charge in [-0.1, -0.05) is 69.8 Å². The Hall–Kier alpha value is 0.0899. The highest BCUT2D eigenvalue weighted by molar-refractivity contribution is 6.65. The summed E-state index contributed by atoms with van der Waals surface area (Å²) < 4.78 is 0. The number of rotatable bonds is 5. The molecule has 3 heteroatoms. The van der Waals surface area contributed by atoms with Crippen molar-refractivity contribution in [3.05, 3.63) is 0 Å². The Bertz CT molecular complexity index is 245. The van der Waals surface area contributed by atoms with Gasteiger partial charge in [0.1, 0.15) is 7.28 Å². The second-order valence-electron chi connectivity index (χ2n) is 6.31. The summed E-state index contributed by atoms with van der Waals surface area (Å²) in [5.41, 5.74) is -0.433. The van der Waals surface area contributed by atoms with Gasteiger partial charge in [0.15, 0.2) is 7.28 Å². The highest BCUT2D eigenvalue weighted by Gasteiger charge is 2.48. The van der Waals surface area contributed by atoms with Crippen LogP contribution in [0.1, 0.15) is 71.6 Å². The van der Waals surface area contributed by atoms with E-state index in [9.17, 15) is 5.11 Å². The van der Waals surface area contributed by atoms with Crippen LogP contribution in [0.4, 0.5) is 0 Å². The van der Waals surface area contributed by atoms with Gasteiger partial charge >= 0.3 is 0 Å². The lowest BCUT2D eigenvalue weighted by atomic mass is 9.20. The Morgan fingerprint density at radius 2 is 1.82 bits per heavy atom. The van der Waals surface area contributed by atoms with Crippen molar-refractivity contribution >= 4 is 14.6 Å². The van der Waals surface area contributed by atoms with E-state index in [-0.39, 0.29) is 5.21 Å². The fourth-order valence-corrected chi connectivity index (χ4v) is 3.98. The lowest BCUT2D eigenvalue weighted by molar-refractivity contribution is 0.0724. The molecule has 1 nitrogen and oxygen atoms in total. The smallest absolute Gasteiger partial charge is 0.151 e. The third-order valence-corrected chi connectivity index (χ3v) is 4.81. The molecule has 2 bridgehead atoms. The Morgan fingerprint density at radius 3 is 2.35 bits per heavy atom. The molecule has 0 aromatic rings. The third-order valence-electron chi connectivity index (χ3n) is 4.81. The molecule has 2 saturated heterocycles. The van der Waals surface area contributed by atoms with E-state index in [0.29, 0.717) is 0 Å². The number of aliphatic hydroxyl groups is 1. The molecule has 2 rings (SSSR count). The van der Waals surface area contributed by atoms with E-state index in [1.54, 1.807) is 0 Å². The summed E-state index contributed by atoms with van der Waals surface area (Å²) in [6, 6.07) is 0. The van der Waals surface area contributed by atoms with Gasteiger partial charge in [-0.3, -0.25) is 0 Å². The van der Waals surface area contributed by atoms with Crippen molar-refractivity contribution < 1.29 is 5.11 Å². The van der Waals surface area contributed by atoms with Crippen molar-refractivity contribution in [1.82, 2.24) is 0 Å². The van der Waals surface area contributed by atoms with E-state index < -0.39 is 5.50 Å². The van der Waals surface area contributed by atoms with Crippen LogP contribution in [0, 0.1) is 0 Å². The van der Waals surface area contributed by atoms with Gasteiger partial charge in [-0.05, 0) is 12.8 Å². The van der Waals surface area contributed by atoms with Crippen LogP contribution in [-0.4, -0.2) is 25.2 Å². The van der Waals surface area contributed by atoms with E-state index in [0.717, 1.165) is 18.7 Å². The first-order valence-electron chi connectivity index (χ1n) is 7.57. The van der Waals surface area contributed by atoms with Crippen molar-refractivity contribution in [2.75, 3.05) is 0 Å². The topological polar surface area (TPSA) is 20.2 Å². The zero-order valence-corrected chi connectivity index (χ0v) is 11.5. The predicted octanol–water partition coefficient (Wildman–Crippen LogP) is 3.57. The highest BCUT2D eigenvalue weighted by atomic mass is 16.3. The van der Waals surface area contributed by atoms with Crippen LogP contribution < -0.4 is 0 Å². The summed E-state index contributed by atoms with van der Waals surface area (Å²) in [5.74, 6) is 0.747. The Labute approximate surface area is 108 Å². The molecular weight excluding hydrogens is 206 g/mol. The van der Waals surface area contributed by atoms with Crippen molar-refractivity contribution in [2.45, 2.75) is 88.2 Å². The van der Waals surface area contributed by atoms with Gasteiger partial charge in [-0.2, -0.15) is 0 Å². The first-order chi connectivity index (χ1) is 8.11. The van der Waals surface area contributed by atoms with Crippen LogP contribution in [-0.2, 0) is 0 Å². The SMILES string of the molecule is CCCC([B]C12[B]C(O)(CCC1)CCC2)CC. The monoisotopic (exact) mass is 232 g/mol. The summed E-state index contributed by atoms with van der Waals surface area (Å²) in [6.45, 7) is 4.57. The van der Waals surface area contributed by atoms with Crippen LogP contribution in [0.5, 0.6) is 0 Å². The minimum absolute atomic E-state index is 0.265. The van der Waals surface area contributed by atoms with Crippen LogP contribution >= 0.6 is 0 Å². The van der Waals surface area contributed by atoms with Crippen molar-refractivity contribution in [1.29, 1.82) is 0 Å². The number of hydrogen-bond donors (Lipinski definition) is 1. The zero-order chi connectivity index (χ0) is 12.4.